The number of hydrogen-bond donors (Lipinski definition) is 1. The van der Waals surface area contributed by atoms with Crippen molar-refractivity contribution in [3.63, 3.8) is 0 Å². The minimum absolute atomic E-state index is 0.0276. The van der Waals surface area contributed by atoms with Crippen molar-refractivity contribution in [1.29, 1.82) is 0 Å². The van der Waals surface area contributed by atoms with Gasteiger partial charge in [-0.25, -0.2) is 4.98 Å². The number of fused-ring (bicyclic) bond motifs is 2. The Morgan fingerprint density at radius 2 is 2.00 bits per heavy atom. The molecule has 1 atom stereocenters. The molecule has 1 saturated carbocycles. The predicted octanol–water partition coefficient (Wildman–Crippen LogP) is 1.47. The molecule has 0 aromatic carbocycles. The first-order valence-electron chi connectivity index (χ1n) is 10.7. The molecule has 2 aliphatic heterocycles. The summed E-state index contributed by atoms with van der Waals surface area (Å²) >= 11 is 0. The van der Waals surface area contributed by atoms with Gasteiger partial charge < -0.3 is 14.8 Å². The summed E-state index contributed by atoms with van der Waals surface area (Å²) in [6.45, 7) is 2.73. The molecule has 1 aromatic rings. The summed E-state index contributed by atoms with van der Waals surface area (Å²) in [5.74, 6) is 1.55. The highest BCUT2D eigenvalue weighted by Gasteiger charge is 2.46. The monoisotopic (exact) mass is 384 g/mol. The molecular formula is C21H28N4O3. The number of piperidine rings is 1. The molecule has 0 radical (unpaired) electrons. The molecule has 4 aliphatic rings. The fourth-order valence-electron chi connectivity index (χ4n) is 5.29. The van der Waals surface area contributed by atoms with E-state index in [0.29, 0.717) is 31.8 Å². The van der Waals surface area contributed by atoms with Gasteiger partial charge in [-0.05, 0) is 44.9 Å². The van der Waals surface area contributed by atoms with E-state index in [1.54, 1.807) is 0 Å². The summed E-state index contributed by atoms with van der Waals surface area (Å²) in [5.41, 5.74) is 1.66. The lowest BCUT2D eigenvalue weighted by atomic mass is 9.77. The largest absolute Gasteiger partial charge is 0.342 e. The number of carbonyl (C=O) groups is 2. The van der Waals surface area contributed by atoms with Crippen LogP contribution in [0.3, 0.4) is 0 Å². The van der Waals surface area contributed by atoms with Crippen LogP contribution in [0.2, 0.25) is 0 Å². The van der Waals surface area contributed by atoms with Crippen LogP contribution >= 0.6 is 0 Å². The number of likely N-dealkylation sites (tertiary alicyclic amines) is 2. The Morgan fingerprint density at radius 1 is 1.14 bits per heavy atom. The number of nitrogens with zero attached hydrogens (tertiary/aromatic N) is 3. The summed E-state index contributed by atoms with van der Waals surface area (Å²) in [4.78, 5) is 48.9. The molecule has 0 bridgehead atoms. The molecule has 5 rings (SSSR count). The molecule has 3 heterocycles. The predicted molar refractivity (Wildman–Crippen MR) is 103 cm³/mol. The third-order valence-corrected chi connectivity index (χ3v) is 7.05. The van der Waals surface area contributed by atoms with Gasteiger partial charge in [0.15, 0.2) is 0 Å². The van der Waals surface area contributed by atoms with Gasteiger partial charge in [-0.3, -0.25) is 14.4 Å². The first-order valence-corrected chi connectivity index (χ1v) is 10.7. The molecule has 150 valence electrons. The first kappa shape index (κ1) is 17.9. The maximum absolute atomic E-state index is 12.9. The first-order chi connectivity index (χ1) is 13.6. The summed E-state index contributed by atoms with van der Waals surface area (Å²) < 4.78 is 0. The third kappa shape index (κ3) is 3.05. The number of hydrogen-bond acceptors (Lipinski definition) is 4. The quantitative estimate of drug-likeness (QED) is 0.852. The number of amides is 2. The smallest absolute Gasteiger partial charge is 0.254 e. The Hall–Kier alpha value is -2.18. The lowest BCUT2D eigenvalue weighted by Gasteiger charge is -2.40. The molecular weight excluding hydrogens is 356 g/mol. The number of H-pyrrole nitrogens is 1. The van der Waals surface area contributed by atoms with Crippen molar-refractivity contribution >= 4 is 11.8 Å². The maximum atomic E-state index is 12.9. The van der Waals surface area contributed by atoms with Gasteiger partial charge in [0.25, 0.3) is 5.56 Å². The second-order valence-electron chi connectivity index (χ2n) is 8.99. The van der Waals surface area contributed by atoms with Crippen LogP contribution in [0.1, 0.15) is 74.4 Å². The zero-order chi connectivity index (χ0) is 19.3. The zero-order valence-electron chi connectivity index (χ0n) is 16.3. The second kappa shape index (κ2) is 6.71. The van der Waals surface area contributed by atoms with Crippen LogP contribution in [0, 0.1) is 0 Å². The van der Waals surface area contributed by atoms with Crippen molar-refractivity contribution in [2.24, 2.45) is 0 Å². The molecule has 2 saturated heterocycles. The van der Waals surface area contributed by atoms with Crippen molar-refractivity contribution in [1.82, 2.24) is 19.8 Å². The van der Waals surface area contributed by atoms with Crippen molar-refractivity contribution in [2.75, 3.05) is 26.2 Å². The van der Waals surface area contributed by atoms with E-state index in [-0.39, 0.29) is 22.8 Å². The van der Waals surface area contributed by atoms with Gasteiger partial charge in [0.1, 0.15) is 5.82 Å². The van der Waals surface area contributed by atoms with E-state index in [4.69, 9.17) is 4.98 Å². The van der Waals surface area contributed by atoms with Gasteiger partial charge in [0, 0.05) is 55.9 Å². The number of aromatic amines is 1. The van der Waals surface area contributed by atoms with E-state index in [1.165, 1.54) is 0 Å². The van der Waals surface area contributed by atoms with Gasteiger partial charge in [-0.2, -0.15) is 0 Å². The molecule has 3 fully saturated rings. The maximum Gasteiger partial charge on any atom is 0.254 e. The standard InChI is InChI=1S/C21H28N4O3/c26-16-3-1-10-24(16)12-7-17(27)25-11-2-8-21(13-25)9-6-15-18(21)22-19(14-4-5-14)23-20(15)28/h14H,1-13H2,(H,22,23,28). The lowest BCUT2D eigenvalue weighted by molar-refractivity contribution is -0.134. The molecule has 1 aromatic heterocycles. The molecule has 7 nitrogen and oxygen atoms in total. The van der Waals surface area contributed by atoms with Crippen LogP contribution in [0.5, 0.6) is 0 Å². The number of nitrogens with one attached hydrogen (secondary N) is 1. The van der Waals surface area contributed by atoms with Gasteiger partial charge in [0.05, 0.1) is 5.69 Å². The van der Waals surface area contributed by atoms with Crippen LogP contribution < -0.4 is 5.56 Å². The minimum atomic E-state index is -0.162. The normalized spacial score (nSPS) is 26.9. The molecule has 28 heavy (non-hydrogen) atoms. The molecule has 1 N–H and O–H groups in total. The van der Waals surface area contributed by atoms with Crippen molar-refractivity contribution < 1.29 is 9.59 Å². The van der Waals surface area contributed by atoms with Gasteiger partial charge in [-0.1, -0.05) is 0 Å². The van der Waals surface area contributed by atoms with Gasteiger partial charge in [-0.15, -0.1) is 0 Å². The van der Waals surface area contributed by atoms with Crippen molar-refractivity contribution in [3.05, 3.63) is 27.4 Å². The molecule has 2 amide bonds. The number of carbonyl (C=O) groups excluding carboxylic acids is 2. The van der Waals surface area contributed by atoms with E-state index in [9.17, 15) is 14.4 Å². The Labute approximate surface area is 164 Å². The SMILES string of the molecule is O=C1CCCN1CCC(=O)N1CCCC2(CCc3c2nc(C2CC2)[nH]c3=O)C1. The highest BCUT2D eigenvalue weighted by Crippen LogP contribution is 2.45. The highest BCUT2D eigenvalue weighted by molar-refractivity contribution is 5.80. The molecule has 1 unspecified atom stereocenters. The van der Waals surface area contributed by atoms with Crippen LogP contribution in [0.15, 0.2) is 4.79 Å². The van der Waals surface area contributed by atoms with Crippen molar-refractivity contribution in [2.45, 2.75) is 69.1 Å². The van der Waals surface area contributed by atoms with E-state index < -0.39 is 0 Å². The Balaban J connectivity index is 1.33. The summed E-state index contributed by atoms with van der Waals surface area (Å²) in [6, 6.07) is 0. The lowest BCUT2D eigenvalue weighted by Crippen LogP contribution is -2.48. The van der Waals surface area contributed by atoms with Crippen LogP contribution in [0.4, 0.5) is 0 Å². The second-order valence-corrected chi connectivity index (χ2v) is 8.99. The fraction of sp³-hybridized carbons (Fsp3) is 0.714. The van der Waals surface area contributed by atoms with E-state index in [1.807, 2.05) is 9.80 Å². The zero-order valence-corrected chi connectivity index (χ0v) is 16.3. The highest BCUT2D eigenvalue weighted by atomic mass is 16.2. The number of rotatable bonds is 4. The number of aromatic nitrogens is 2. The average molecular weight is 384 g/mol. The molecule has 2 aliphatic carbocycles. The minimum Gasteiger partial charge on any atom is -0.342 e. The summed E-state index contributed by atoms with van der Waals surface area (Å²) in [7, 11) is 0. The Morgan fingerprint density at radius 3 is 2.75 bits per heavy atom. The molecule has 1 spiro atoms. The molecule has 7 heteroatoms. The summed E-state index contributed by atoms with van der Waals surface area (Å²) in [6.07, 6.45) is 7.72. The summed E-state index contributed by atoms with van der Waals surface area (Å²) in [5, 5.41) is 0. The Kier molecular flexibility index (Phi) is 4.29. The fourth-order valence-corrected chi connectivity index (χ4v) is 5.29. The van der Waals surface area contributed by atoms with E-state index >= 15 is 0 Å². The van der Waals surface area contributed by atoms with Crippen LogP contribution in [-0.2, 0) is 21.4 Å². The van der Waals surface area contributed by atoms with E-state index in [0.717, 1.165) is 75.1 Å². The van der Waals surface area contributed by atoms with Crippen LogP contribution in [0.25, 0.3) is 0 Å². The van der Waals surface area contributed by atoms with Crippen LogP contribution in [-0.4, -0.2) is 57.8 Å². The average Bonchev–Trinajstić information content (AvgIpc) is 3.39. The Bertz CT molecular complexity index is 875. The third-order valence-electron chi connectivity index (χ3n) is 7.05. The van der Waals surface area contributed by atoms with E-state index in [2.05, 4.69) is 4.98 Å². The topological polar surface area (TPSA) is 86.4 Å². The van der Waals surface area contributed by atoms with Gasteiger partial charge >= 0.3 is 0 Å². The van der Waals surface area contributed by atoms with Gasteiger partial charge in [0.2, 0.25) is 11.8 Å². The van der Waals surface area contributed by atoms with Crippen molar-refractivity contribution in [3.8, 4) is 0 Å².